The molecule has 0 unspecified atom stereocenters. The molecule has 106 valence electrons. The van der Waals surface area contributed by atoms with Crippen molar-refractivity contribution in [2.45, 2.75) is 24.5 Å². The van der Waals surface area contributed by atoms with Crippen LogP contribution in [-0.4, -0.2) is 27.0 Å². The lowest BCUT2D eigenvalue weighted by Crippen LogP contribution is -2.20. The van der Waals surface area contributed by atoms with Gasteiger partial charge >= 0.3 is 5.97 Å². The molecule has 0 fully saturated rings. The van der Waals surface area contributed by atoms with E-state index in [4.69, 9.17) is 9.63 Å². The summed E-state index contributed by atoms with van der Waals surface area (Å²) in [5.74, 6) is -0.974. The summed E-state index contributed by atoms with van der Waals surface area (Å²) in [4.78, 5) is 14.7. The second kappa shape index (κ2) is 5.62. The van der Waals surface area contributed by atoms with Crippen molar-refractivity contribution in [1.82, 2.24) is 10.1 Å². The average Bonchev–Trinajstić information content (AvgIpc) is 2.86. The van der Waals surface area contributed by atoms with E-state index in [1.165, 1.54) is 12.1 Å². The number of aliphatic carboxylic acids is 1. The first-order valence-electron chi connectivity index (χ1n) is 5.84. The lowest BCUT2D eigenvalue weighted by Gasteiger charge is -2.20. The third kappa shape index (κ3) is 3.16. The van der Waals surface area contributed by atoms with E-state index >= 15 is 0 Å². The number of benzene rings is 1. The van der Waals surface area contributed by atoms with E-state index in [2.05, 4.69) is 10.1 Å². The van der Waals surface area contributed by atoms with Crippen LogP contribution in [0.1, 0.15) is 25.2 Å². The fourth-order valence-corrected chi connectivity index (χ4v) is 2.13. The molecule has 1 aromatic carbocycles. The summed E-state index contributed by atoms with van der Waals surface area (Å²) >= 11 is 0.963. The standard InChI is InChI=1S/C13H13FN2O3S/c1-13(2,8-3-5-9(14)6-4-8)11-15-12(19-16-11)20-7-10(17)18/h3-6H,7H2,1-2H3,(H,17,18). The van der Waals surface area contributed by atoms with Crippen LogP contribution >= 0.6 is 11.8 Å². The van der Waals surface area contributed by atoms with Crippen LogP contribution in [0.25, 0.3) is 0 Å². The first-order valence-corrected chi connectivity index (χ1v) is 6.83. The van der Waals surface area contributed by atoms with Crippen LogP contribution in [0.2, 0.25) is 0 Å². The van der Waals surface area contributed by atoms with Gasteiger partial charge in [0.15, 0.2) is 5.82 Å². The number of carbonyl (C=O) groups is 1. The van der Waals surface area contributed by atoms with Crippen molar-refractivity contribution in [2.24, 2.45) is 0 Å². The molecule has 0 atom stereocenters. The predicted molar refractivity (Wildman–Crippen MR) is 71.2 cm³/mol. The highest BCUT2D eigenvalue weighted by Gasteiger charge is 2.29. The third-order valence-corrected chi connectivity index (χ3v) is 3.66. The van der Waals surface area contributed by atoms with Crippen LogP contribution in [0, 0.1) is 5.82 Å². The third-order valence-electron chi connectivity index (χ3n) is 2.85. The molecule has 0 radical (unpaired) electrons. The highest BCUT2D eigenvalue weighted by atomic mass is 32.2. The molecule has 7 heteroatoms. The van der Waals surface area contributed by atoms with Crippen molar-refractivity contribution in [3.8, 4) is 0 Å². The Labute approximate surface area is 119 Å². The Hall–Kier alpha value is -1.89. The first-order chi connectivity index (χ1) is 9.39. The second-order valence-corrected chi connectivity index (χ2v) is 5.62. The minimum atomic E-state index is -0.951. The largest absolute Gasteiger partial charge is 0.481 e. The molecule has 0 aliphatic rings. The van der Waals surface area contributed by atoms with Crippen molar-refractivity contribution in [1.29, 1.82) is 0 Å². The van der Waals surface area contributed by atoms with Crippen molar-refractivity contribution in [2.75, 3.05) is 5.75 Å². The summed E-state index contributed by atoms with van der Waals surface area (Å²) < 4.78 is 18.0. The molecule has 1 N–H and O–H groups in total. The van der Waals surface area contributed by atoms with E-state index in [1.54, 1.807) is 12.1 Å². The number of halogens is 1. The van der Waals surface area contributed by atoms with Crippen molar-refractivity contribution >= 4 is 17.7 Å². The maximum Gasteiger partial charge on any atom is 0.314 e. The SMILES string of the molecule is CC(C)(c1ccc(F)cc1)c1noc(SCC(=O)O)n1. The van der Waals surface area contributed by atoms with Crippen molar-refractivity contribution in [3.05, 3.63) is 41.5 Å². The van der Waals surface area contributed by atoms with Crippen LogP contribution in [0.15, 0.2) is 34.0 Å². The number of rotatable bonds is 5. The average molecular weight is 296 g/mol. The number of hydrogen-bond donors (Lipinski definition) is 1. The van der Waals surface area contributed by atoms with Gasteiger partial charge in [-0.15, -0.1) is 0 Å². The van der Waals surface area contributed by atoms with Crippen LogP contribution < -0.4 is 0 Å². The Morgan fingerprint density at radius 1 is 1.40 bits per heavy atom. The summed E-state index contributed by atoms with van der Waals surface area (Å²) in [6.07, 6.45) is 0. The van der Waals surface area contributed by atoms with Gasteiger partial charge in [0.25, 0.3) is 5.22 Å². The Morgan fingerprint density at radius 2 is 2.05 bits per heavy atom. The van der Waals surface area contributed by atoms with Gasteiger partial charge in [-0.05, 0) is 31.5 Å². The number of carboxylic acid groups (broad SMARTS) is 1. The molecule has 20 heavy (non-hydrogen) atoms. The van der Waals surface area contributed by atoms with E-state index in [9.17, 15) is 9.18 Å². The second-order valence-electron chi connectivity index (χ2n) is 4.70. The Morgan fingerprint density at radius 3 is 2.65 bits per heavy atom. The molecule has 2 aromatic rings. The predicted octanol–water partition coefficient (Wildman–Crippen LogP) is 2.71. The van der Waals surface area contributed by atoms with E-state index < -0.39 is 11.4 Å². The maximum atomic E-state index is 12.9. The van der Waals surface area contributed by atoms with Gasteiger partial charge in [0.05, 0.1) is 5.41 Å². The van der Waals surface area contributed by atoms with Gasteiger partial charge in [0, 0.05) is 0 Å². The van der Waals surface area contributed by atoms with E-state index in [0.29, 0.717) is 5.82 Å². The van der Waals surface area contributed by atoms with Crippen molar-refractivity contribution in [3.63, 3.8) is 0 Å². The Kier molecular flexibility index (Phi) is 4.08. The van der Waals surface area contributed by atoms with Crippen LogP contribution in [0.5, 0.6) is 0 Å². The first kappa shape index (κ1) is 14.5. The van der Waals surface area contributed by atoms with E-state index in [-0.39, 0.29) is 16.8 Å². The number of hydrogen-bond acceptors (Lipinski definition) is 5. The molecule has 0 amide bonds. The quantitative estimate of drug-likeness (QED) is 0.855. The Bertz CT molecular complexity index is 610. The molecule has 0 spiro atoms. The van der Waals surface area contributed by atoms with Gasteiger partial charge in [-0.1, -0.05) is 29.1 Å². The fourth-order valence-electron chi connectivity index (χ4n) is 1.64. The van der Waals surface area contributed by atoms with Gasteiger partial charge in [-0.2, -0.15) is 4.98 Å². The lowest BCUT2D eigenvalue weighted by molar-refractivity contribution is -0.133. The zero-order valence-corrected chi connectivity index (χ0v) is 11.8. The highest BCUT2D eigenvalue weighted by molar-refractivity contribution is 7.99. The zero-order valence-electron chi connectivity index (χ0n) is 11.0. The van der Waals surface area contributed by atoms with Gasteiger partial charge in [-0.3, -0.25) is 4.79 Å². The van der Waals surface area contributed by atoms with Gasteiger partial charge in [0.2, 0.25) is 0 Å². The van der Waals surface area contributed by atoms with E-state index in [0.717, 1.165) is 17.3 Å². The smallest absolute Gasteiger partial charge is 0.314 e. The fraction of sp³-hybridized carbons (Fsp3) is 0.308. The van der Waals surface area contributed by atoms with Gasteiger partial charge < -0.3 is 9.63 Å². The molecule has 1 aromatic heterocycles. The summed E-state index contributed by atoms with van der Waals surface area (Å²) in [6.45, 7) is 3.77. The molecular weight excluding hydrogens is 283 g/mol. The molecule has 0 saturated carbocycles. The summed E-state index contributed by atoms with van der Waals surface area (Å²) in [7, 11) is 0. The highest BCUT2D eigenvalue weighted by Crippen LogP contribution is 2.30. The molecule has 0 saturated heterocycles. The molecular formula is C13H13FN2O3S. The molecule has 0 bridgehead atoms. The number of nitrogens with zero attached hydrogens (tertiary/aromatic N) is 2. The van der Waals surface area contributed by atoms with E-state index in [1.807, 2.05) is 13.8 Å². The van der Waals surface area contributed by atoms with Gasteiger partial charge in [0.1, 0.15) is 11.6 Å². The molecule has 1 heterocycles. The molecule has 0 aliphatic carbocycles. The molecule has 5 nitrogen and oxygen atoms in total. The normalized spacial score (nSPS) is 11.6. The van der Waals surface area contributed by atoms with Crippen LogP contribution in [-0.2, 0) is 10.2 Å². The molecule has 2 rings (SSSR count). The summed E-state index contributed by atoms with van der Waals surface area (Å²) in [6, 6.07) is 6.07. The topological polar surface area (TPSA) is 76.2 Å². The van der Waals surface area contributed by atoms with Gasteiger partial charge in [-0.25, -0.2) is 4.39 Å². The number of thioether (sulfide) groups is 1. The number of carboxylic acids is 1. The minimum absolute atomic E-state index is 0.140. The minimum Gasteiger partial charge on any atom is -0.481 e. The van der Waals surface area contributed by atoms with Crippen LogP contribution in [0.3, 0.4) is 0 Å². The summed E-state index contributed by atoms with van der Waals surface area (Å²) in [5, 5.41) is 12.7. The monoisotopic (exact) mass is 296 g/mol. The molecule has 0 aliphatic heterocycles. The van der Waals surface area contributed by atoms with Crippen molar-refractivity contribution < 1.29 is 18.8 Å². The summed E-state index contributed by atoms with van der Waals surface area (Å²) in [5.41, 5.74) is 0.286. The maximum absolute atomic E-state index is 12.9. The Balaban J connectivity index is 2.21. The van der Waals surface area contributed by atoms with Crippen LogP contribution in [0.4, 0.5) is 4.39 Å². The zero-order chi connectivity index (χ0) is 14.8. The lowest BCUT2D eigenvalue weighted by atomic mass is 9.84. The number of aromatic nitrogens is 2.